The van der Waals surface area contributed by atoms with Crippen LogP contribution in [0.5, 0.6) is 5.75 Å². The predicted molar refractivity (Wildman–Crippen MR) is 140 cm³/mol. The minimum atomic E-state index is -0.327. The van der Waals surface area contributed by atoms with Crippen LogP contribution in [0.3, 0.4) is 0 Å². The minimum absolute atomic E-state index is 0.327. The molecule has 0 heterocycles. The second-order valence-electron chi connectivity index (χ2n) is 8.23. The summed E-state index contributed by atoms with van der Waals surface area (Å²) < 4.78 is 11.1. The zero-order chi connectivity index (χ0) is 23.8. The number of allylic oxidation sites excluding steroid dienone is 1. The van der Waals surface area contributed by atoms with Gasteiger partial charge in [0.15, 0.2) is 0 Å². The van der Waals surface area contributed by atoms with Crippen LogP contribution in [0.2, 0.25) is 0 Å². The van der Waals surface area contributed by atoms with E-state index in [1.807, 2.05) is 54.6 Å². The molecular formula is C31H30O3. The molecule has 0 aromatic heterocycles. The van der Waals surface area contributed by atoms with E-state index in [0.717, 1.165) is 52.5 Å². The van der Waals surface area contributed by atoms with Gasteiger partial charge in [0, 0.05) is 0 Å². The van der Waals surface area contributed by atoms with Crippen molar-refractivity contribution in [3.63, 3.8) is 0 Å². The van der Waals surface area contributed by atoms with Crippen LogP contribution < -0.4 is 4.74 Å². The van der Waals surface area contributed by atoms with Gasteiger partial charge in [0.25, 0.3) is 0 Å². The predicted octanol–water partition coefficient (Wildman–Crippen LogP) is 7.59. The number of hydrogen-bond acceptors (Lipinski definition) is 3. The summed E-state index contributed by atoms with van der Waals surface area (Å²) >= 11 is 0. The highest BCUT2D eigenvalue weighted by Crippen LogP contribution is 2.33. The zero-order valence-corrected chi connectivity index (χ0v) is 19.8. The van der Waals surface area contributed by atoms with E-state index in [2.05, 4.69) is 49.4 Å². The monoisotopic (exact) mass is 450 g/mol. The molecular weight excluding hydrogens is 420 g/mol. The maximum atomic E-state index is 12.7. The van der Waals surface area contributed by atoms with Crippen LogP contribution in [-0.4, -0.2) is 19.7 Å². The number of esters is 1. The highest BCUT2D eigenvalue weighted by atomic mass is 16.5. The first-order valence-corrected chi connectivity index (χ1v) is 11.8. The van der Waals surface area contributed by atoms with Gasteiger partial charge in [-0.3, -0.25) is 0 Å². The Kier molecular flexibility index (Phi) is 7.77. The molecule has 0 atom stereocenters. The summed E-state index contributed by atoms with van der Waals surface area (Å²) in [4.78, 5) is 12.7. The van der Waals surface area contributed by atoms with Gasteiger partial charge in [-0.25, -0.2) is 4.79 Å². The van der Waals surface area contributed by atoms with Crippen molar-refractivity contribution in [2.24, 2.45) is 0 Å². The molecule has 3 nitrogen and oxygen atoms in total. The first kappa shape index (κ1) is 23.3. The molecule has 0 aliphatic rings. The van der Waals surface area contributed by atoms with Gasteiger partial charge in [0.1, 0.15) is 5.75 Å². The lowest BCUT2D eigenvalue weighted by Crippen LogP contribution is -2.07. The van der Waals surface area contributed by atoms with E-state index >= 15 is 0 Å². The van der Waals surface area contributed by atoms with Crippen molar-refractivity contribution < 1.29 is 14.3 Å². The maximum Gasteiger partial charge on any atom is 0.338 e. The molecule has 0 saturated carbocycles. The van der Waals surface area contributed by atoms with Crippen LogP contribution >= 0.6 is 0 Å². The van der Waals surface area contributed by atoms with Crippen LogP contribution in [0, 0.1) is 0 Å². The standard InChI is InChI=1S/C31H30O3/c1-3-23-15-18-27(19-16-23)34-21-9-13-26(22-24-10-5-4-6-11-24)30-28-14-8-7-12-25(28)17-20-29(30)31(32)33-2/h4-8,10-12,14-20,22H,3,9,13,21H2,1-2H3/b26-22-. The Labute approximate surface area is 201 Å². The lowest BCUT2D eigenvalue weighted by molar-refractivity contribution is 0.0600. The van der Waals surface area contributed by atoms with Gasteiger partial charge in [0.2, 0.25) is 0 Å². The first-order chi connectivity index (χ1) is 16.7. The largest absolute Gasteiger partial charge is 0.494 e. The zero-order valence-electron chi connectivity index (χ0n) is 19.8. The summed E-state index contributed by atoms with van der Waals surface area (Å²) in [7, 11) is 1.43. The number of carbonyl (C=O) groups excluding carboxylic acids is 1. The van der Waals surface area contributed by atoms with E-state index in [4.69, 9.17) is 9.47 Å². The molecule has 0 amide bonds. The van der Waals surface area contributed by atoms with E-state index in [-0.39, 0.29) is 5.97 Å². The molecule has 4 rings (SSSR count). The highest BCUT2D eigenvalue weighted by molar-refractivity contribution is 6.07. The molecule has 0 spiro atoms. The molecule has 172 valence electrons. The van der Waals surface area contributed by atoms with Crippen LogP contribution in [-0.2, 0) is 11.2 Å². The van der Waals surface area contributed by atoms with Gasteiger partial charge >= 0.3 is 5.97 Å². The second kappa shape index (κ2) is 11.3. The topological polar surface area (TPSA) is 35.5 Å². The van der Waals surface area contributed by atoms with Crippen molar-refractivity contribution in [3.8, 4) is 5.75 Å². The Hall–Kier alpha value is -3.85. The molecule has 34 heavy (non-hydrogen) atoms. The number of carbonyl (C=O) groups is 1. The van der Waals surface area contributed by atoms with Gasteiger partial charge in [-0.2, -0.15) is 0 Å². The Morgan fingerprint density at radius 2 is 1.59 bits per heavy atom. The maximum absolute atomic E-state index is 12.7. The summed E-state index contributed by atoms with van der Waals surface area (Å²) in [5.74, 6) is 0.554. The normalized spacial score (nSPS) is 11.4. The number of rotatable bonds is 9. The molecule has 0 fully saturated rings. The van der Waals surface area contributed by atoms with Crippen LogP contribution in [0.25, 0.3) is 22.4 Å². The van der Waals surface area contributed by atoms with E-state index in [1.165, 1.54) is 12.7 Å². The molecule has 0 aliphatic heterocycles. The van der Waals surface area contributed by atoms with E-state index in [1.54, 1.807) is 0 Å². The minimum Gasteiger partial charge on any atom is -0.494 e. The number of methoxy groups -OCH3 is 1. The van der Waals surface area contributed by atoms with Gasteiger partial charge in [-0.1, -0.05) is 85.8 Å². The first-order valence-electron chi connectivity index (χ1n) is 11.8. The molecule has 0 radical (unpaired) electrons. The third kappa shape index (κ3) is 5.55. The van der Waals surface area contributed by atoms with Crippen molar-refractivity contribution in [3.05, 3.63) is 113 Å². The van der Waals surface area contributed by atoms with Crippen LogP contribution in [0.4, 0.5) is 0 Å². The van der Waals surface area contributed by atoms with E-state index in [0.29, 0.717) is 12.2 Å². The molecule has 4 aromatic carbocycles. The van der Waals surface area contributed by atoms with E-state index < -0.39 is 0 Å². The summed E-state index contributed by atoms with van der Waals surface area (Å²) in [6.07, 6.45) is 4.77. The van der Waals surface area contributed by atoms with Crippen molar-refractivity contribution in [2.45, 2.75) is 26.2 Å². The summed E-state index contributed by atoms with van der Waals surface area (Å²) in [6, 6.07) is 30.5. The average molecular weight is 451 g/mol. The van der Waals surface area contributed by atoms with Gasteiger partial charge in [-0.15, -0.1) is 0 Å². The Bertz CT molecular complexity index is 1270. The number of fused-ring (bicyclic) bond motifs is 1. The lowest BCUT2D eigenvalue weighted by atomic mass is 9.89. The fourth-order valence-corrected chi connectivity index (χ4v) is 4.19. The van der Waals surface area contributed by atoms with Gasteiger partial charge < -0.3 is 9.47 Å². The van der Waals surface area contributed by atoms with Crippen molar-refractivity contribution in [1.82, 2.24) is 0 Å². The third-order valence-corrected chi connectivity index (χ3v) is 5.99. The Balaban J connectivity index is 1.66. The number of aryl methyl sites for hydroxylation is 1. The Morgan fingerprint density at radius 3 is 2.32 bits per heavy atom. The third-order valence-electron chi connectivity index (χ3n) is 5.99. The van der Waals surface area contributed by atoms with E-state index in [9.17, 15) is 4.79 Å². The fraction of sp³-hybridized carbons (Fsp3) is 0.194. The number of benzene rings is 4. The van der Waals surface area contributed by atoms with Gasteiger partial charge in [0.05, 0.1) is 19.3 Å². The van der Waals surface area contributed by atoms with Crippen molar-refractivity contribution in [2.75, 3.05) is 13.7 Å². The number of ether oxygens (including phenoxy) is 2. The van der Waals surface area contributed by atoms with Crippen molar-refractivity contribution >= 4 is 28.4 Å². The second-order valence-corrected chi connectivity index (χ2v) is 8.23. The van der Waals surface area contributed by atoms with Crippen molar-refractivity contribution in [1.29, 1.82) is 0 Å². The quantitative estimate of drug-likeness (QED) is 0.150. The molecule has 0 saturated heterocycles. The highest BCUT2D eigenvalue weighted by Gasteiger charge is 2.18. The average Bonchev–Trinajstić information content (AvgIpc) is 2.90. The Morgan fingerprint density at radius 1 is 0.853 bits per heavy atom. The summed E-state index contributed by atoms with van der Waals surface area (Å²) in [5, 5.41) is 2.14. The van der Waals surface area contributed by atoms with Crippen LogP contribution in [0.15, 0.2) is 91.0 Å². The molecule has 4 aromatic rings. The van der Waals surface area contributed by atoms with Crippen LogP contribution in [0.1, 0.15) is 46.8 Å². The molecule has 0 bridgehead atoms. The fourth-order valence-electron chi connectivity index (χ4n) is 4.19. The lowest BCUT2D eigenvalue weighted by Gasteiger charge is -2.16. The molecule has 0 N–H and O–H groups in total. The molecule has 0 unspecified atom stereocenters. The van der Waals surface area contributed by atoms with Gasteiger partial charge in [-0.05, 0) is 70.5 Å². The summed E-state index contributed by atoms with van der Waals surface area (Å²) in [6.45, 7) is 2.74. The smallest absolute Gasteiger partial charge is 0.338 e. The summed E-state index contributed by atoms with van der Waals surface area (Å²) in [5.41, 5.74) is 5.00. The SMILES string of the molecule is CCc1ccc(OCCC/C(=C/c2ccccc2)c2c(C(=O)OC)ccc3ccccc23)cc1. The molecule has 0 aliphatic carbocycles. The molecule has 3 heteroatoms. The number of hydrogen-bond donors (Lipinski definition) is 0.